The summed E-state index contributed by atoms with van der Waals surface area (Å²) in [5.41, 5.74) is 0. The molecular formula is C27H28P2+2. The fraction of sp³-hybridized carbons (Fsp3) is 0.111. The monoisotopic (exact) mass is 414 g/mol. The molecule has 0 N–H and O–H groups in total. The summed E-state index contributed by atoms with van der Waals surface area (Å²) in [4.78, 5) is 0. The molecule has 4 aromatic carbocycles. The molecule has 0 aliphatic rings. The molecule has 0 amide bonds. The van der Waals surface area contributed by atoms with Crippen molar-refractivity contribution in [3.63, 3.8) is 0 Å². The highest BCUT2D eigenvalue weighted by molar-refractivity contribution is 8.03. The highest BCUT2D eigenvalue weighted by Gasteiger charge is 2.51. The van der Waals surface area contributed by atoms with Gasteiger partial charge in [0.1, 0.15) is 35.7 Å². The first-order chi connectivity index (χ1) is 14.1. The Bertz CT molecular complexity index is 863. The number of rotatable bonds is 6. The van der Waals surface area contributed by atoms with Crippen LogP contribution in [0.3, 0.4) is 0 Å². The van der Waals surface area contributed by atoms with Gasteiger partial charge in [0.25, 0.3) is 0 Å². The minimum Gasteiger partial charge on any atom is -0.0620 e. The Labute approximate surface area is 176 Å². The second-order valence-electron chi connectivity index (χ2n) is 7.87. The van der Waals surface area contributed by atoms with Crippen molar-refractivity contribution < 1.29 is 0 Å². The molecule has 2 heteroatoms. The van der Waals surface area contributed by atoms with E-state index >= 15 is 0 Å². The molecule has 0 saturated heterocycles. The molecule has 144 valence electrons. The largest absolute Gasteiger partial charge is 0.178 e. The van der Waals surface area contributed by atoms with Crippen molar-refractivity contribution in [1.29, 1.82) is 0 Å². The van der Waals surface area contributed by atoms with E-state index in [1.54, 1.807) is 0 Å². The smallest absolute Gasteiger partial charge is 0.0620 e. The van der Waals surface area contributed by atoms with E-state index in [1.807, 2.05) is 0 Å². The fourth-order valence-electron chi connectivity index (χ4n) is 4.22. The summed E-state index contributed by atoms with van der Waals surface area (Å²) >= 11 is 0. The molecule has 4 rings (SSSR count). The maximum Gasteiger partial charge on any atom is 0.178 e. The van der Waals surface area contributed by atoms with Crippen LogP contribution in [-0.4, -0.2) is 19.2 Å². The van der Waals surface area contributed by atoms with E-state index in [0.29, 0.717) is 0 Å². The zero-order valence-corrected chi connectivity index (χ0v) is 18.9. The third-order valence-corrected chi connectivity index (χ3v) is 16.1. The van der Waals surface area contributed by atoms with Crippen molar-refractivity contribution in [2.24, 2.45) is 0 Å². The van der Waals surface area contributed by atoms with Gasteiger partial charge < -0.3 is 0 Å². The average molecular weight is 414 g/mol. The van der Waals surface area contributed by atoms with E-state index in [0.717, 1.165) is 0 Å². The van der Waals surface area contributed by atoms with Crippen LogP contribution in [-0.2, 0) is 0 Å². The zero-order valence-electron chi connectivity index (χ0n) is 17.1. The fourth-order valence-corrected chi connectivity index (χ4v) is 15.3. The van der Waals surface area contributed by atoms with Crippen LogP contribution in [0.15, 0.2) is 121 Å². The van der Waals surface area contributed by atoms with Gasteiger partial charge in [0.15, 0.2) is 5.90 Å². The standard InChI is InChI=1S/C27H28P2/c1-28(24-15-7-3-8-16-24,25-17-9-4-10-18-25)23-29(2,26-19-11-5-12-20-26)27-21-13-6-14-22-27/h3-22H,23H2,1-2H3/q+2. The van der Waals surface area contributed by atoms with E-state index in [-0.39, 0.29) is 0 Å². The van der Waals surface area contributed by atoms with E-state index in [1.165, 1.54) is 27.1 Å². The maximum atomic E-state index is 2.53. The summed E-state index contributed by atoms with van der Waals surface area (Å²) in [6.07, 6.45) is 0. The first-order valence-electron chi connectivity index (χ1n) is 10.1. The second-order valence-corrected chi connectivity index (χ2v) is 15.8. The van der Waals surface area contributed by atoms with Crippen LogP contribution in [0.1, 0.15) is 0 Å². The predicted molar refractivity (Wildman–Crippen MR) is 135 cm³/mol. The lowest BCUT2D eigenvalue weighted by molar-refractivity contribution is 1.69. The SMILES string of the molecule is C[P+](C[P+](C)(c1ccccc1)c1ccccc1)(c1ccccc1)c1ccccc1. The van der Waals surface area contributed by atoms with Gasteiger partial charge in [0.2, 0.25) is 0 Å². The van der Waals surface area contributed by atoms with Gasteiger partial charge in [-0.05, 0) is 48.5 Å². The molecule has 0 heterocycles. The molecule has 0 aliphatic carbocycles. The topological polar surface area (TPSA) is 0 Å². The zero-order chi connectivity index (χ0) is 20.2. The van der Waals surface area contributed by atoms with Crippen molar-refractivity contribution in [3.05, 3.63) is 121 Å². The third kappa shape index (κ3) is 4.06. The first-order valence-corrected chi connectivity index (χ1v) is 14.9. The molecule has 0 nitrogen and oxygen atoms in total. The highest BCUT2D eigenvalue weighted by Crippen LogP contribution is 2.68. The minimum atomic E-state index is -1.58. The molecular weight excluding hydrogens is 386 g/mol. The van der Waals surface area contributed by atoms with Crippen LogP contribution >= 0.6 is 14.5 Å². The average Bonchev–Trinajstić information content (AvgIpc) is 2.81. The van der Waals surface area contributed by atoms with Gasteiger partial charge in [-0.3, -0.25) is 0 Å². The van der Waals surface area contributed by atoms with Gasteiger partial charge in [-0.15, -0.1) is 0 Å². The van der Waals surface area contributed by atoms with Crippen LogP contribution in [0.2, 0.25) is 0 Å². The van der Waals surface area contributed by atoms with Crippen molar-refractivity contribution >= 4 is 35.7 Å². The second kappa shape index (κ2) is 8.62. The Hall–Kier alpha value is -2.26. The molecule has 0 aliphatic heterocycles. The van der Waals surface area contributed by atoms with E-state index < -0.39 is 14.5 Å². The molecule has 0 fully saturated rings. The molecule has 0 radical (unpaired) electrons. The van der Waals surface area contributed by atoms with Crippen molar-refractivity contribution in [1.82, 2.24) is 0 Å². The van der Waals surface area contributed by atoms with E-state index in [4.69, 9.17) is 0 Å². The summed E-state index contributed by atoms with van der Waals surface area (Å²) < 4.78 is 0. The molecule has 0 spiro atoms. The van der Waals surface area contributed by atoms with Crippen molar-refractivity contribution in [2.45, 2.75) is 0 Å². The van der Waals surface area contributed by atoms with Gasteiger partial charge in [0.05, 0.1) is 13.3 Å². The Morgan fingerprint density at radius 1 is 0.379 bits per heavy atom. The summed E-state index contributed by atoms with van der Waals surface area (Å²) in [7, 11) is -3.15. The van der Waals surface area contributed by atoms with Crippen LogP contribution in [0.4, 0.5) is 0 Å². The lowest BCUT2D eigenvalue weighted by Gasteiger charge is -2.30. The van der Waals surface area contributed by atoms with Crippen molar-refractivity contribution in [2.75, 3.05) is 19.2 Å². The lowest BCUT2D eigenvalue weighted by Crippen LogP contribution is -2.31. The summed E-state index contributed by atoms with van der Waals surface area (Å²) in [5, 5.41) is 5.96. The number of hydrogen-bond acceptors (Lipinski definition) is 0. The number of hydrogen-bond donors (Lipinski definition) is 0. The van der Waals surface area contributed by atoms with Gasteiger partial charge in [-0.25, -0.2) is 0 Å². The molecule has 0 aromatic heterocycles. The van der Waals surface area contributed by atoms with Crippen LogP contribution in [0, 0.1) is 0 Å². The Morgan fingerprint density at radius 2 is 0.586 bits per heavy atom. The number of benzene rings is 4. The Morgan fingerprint density at radius 3 is 0.793 bits per heavy atom. The van der Waals surface area contributed by atoms with Gasteiger partial charge in [-0.1, -0.05) is 72.8 Å². The van der Waals surface area contributed by atoms with Crippen LogP contribution in [0.25, 0.3) is 0 Å². The molecule has 0 saturated carbocycles. The first kappa shape index (κ1) is 20.0. The molecule has 4 aromatic rings. The van der Waals surface area contributed by atoms with E-state index in [9.17, 15) is 0 Å². The van der Waals surface area contributed by atoms with Crippen molar-refractivity contribution in [3.8, 4) is 0 Å². The van der Waals surface area contributed by atoms with Gasteiger partial charge in [0, 0.05) is 0 Å². The van der Waals surface area contributed by atoms with Gasteiger partial charge >= 0.3 is 0 Å². The molecule has 29 heavy (non-hydrogen) atoms. The summed E-state index contributed by atoms with van der Waals surface area (Å²) in [6.45, 7) is 5.06. The maximum absolute atomic E-state index is 2.53. The molecule has 0 atom stereocenters. The molecule has 0 bridgehead atoms. The van der Waals surface area contributed by atoms with E-state index in [2.05, 4.69) is 135 Å². The quantitative estimate of drug-likeness (QED) is 0.364. The highest BCUT2D eigenvalue weighted by atomic mass is 31.2. The Kier molecular flexibility index (Phi) is 5.96. The predicted octanol–water partition coefficient (Wildman–Crippen LogP) is 5.54. The van der Waals surface area contributed by atoms with Crippen LogP contribution in [0.5, 0.6) is 0 Å². The summed E-state index contributed by atoms with van der Waals surface area (Å²) in [6, 6.07) is 44.7. The van der Waals surface area contributed by atoms with Crippen LogP contribution < -0.4 is 21.2 Å². The third-order valence-electron chi connectivity index (χ3n) is 5.87. The Balaban J connectivity index is 1.91. The summed E-state index contributed by atoms with van der Waals surface area (Å²) in [5.74, 6) is 1.20. The molecule has 0 unspecified atom stereocenters. The van der Waals surface area contributed by atoms with Gasteiger partial charge in [-0.2, -0.15) is 0 Å². The lowest BCUT2D eigenvalue weighted by atomic mass is 10.4. The normalized spacial score (nSPS) is 11.9. The minimum absolute atomic E-state index is 1.20.